The Labute approximate surface area is 116 Å². The summed E-state index contributed by atoms with van der Waals surface area (Å²) in [5.74, 6) is -0.268. The Morgan fingerprint density at radius 1 is 1.30 bits per heavy atom. The molecule has 2 aromatic rings. The van der Waals surface area contributed by atoms with Gasteiger partial charge < -0.3 is 9.64 Å². The Balaban J connectivity index is 2.14. The molecule has 0 fully saturated rings. The van der Waals surface area contributed by atoms with Gasteiger partial charge in [-0.05, 0) is 17.7 Å². The zero-order valence-electron chi connectivity index (χ0n) is 11.2. The molecule has 5 nitrogen and oxygen atoms in total. The van der Waals surface area contributed by atoms with Crippen molar-refractivity contribution in [2.75, 3.05) is 19.1 Å². The first kappa shape index (κ1) is 13.9. The van der Waals surface area contributed by atoms with Crippen molar-refractivity contribution in [3.63, 3.8) is 0 Å². The minimum absolute atomic E-state index is 0.149. The summed E-state index contributed by atoms with van der Waals surface area (Å²) in [6, 6.07) is 6.20. The molecule has 0 radical (unpaired) electrons. The van der Waals surface area contributed by atoms with Crippen LogP contribution < -0.4 is 4.90 Å². The van der Waals surface area contributed by atoms with Gasteiger partial charge in [-0.25, -0.2) is 14.2 Å². The summed E-state index contributed by atoms with van der Waals surface area (Å²) < 4.78 is 17.4. The Morgan fingerprint density at radius 3 is 2.65 bits per heavy atom. The summed E-state index contributed by atoms with van der Waals surface area (Å²) in [5, 5.41) is 0. The first-order valence-electron chi connectivity index (χ1n) is 5.96. The number of carbonyl (C=O) groups is 1. The van der Waals surface area contributed by atoms with Gasteiger partial charge in [0.1, 0.15) is 11.6 Å². The maximum absolute atomic E-state index is 12.8. The van der Waals surface area contributed by atoms with Gasteiger partial charge in [-0.2, -0.15) is 0 Å². The molecule has 6 heteroatoms. The van der Waals surface area contributed by atoms with Crippen LogP contribution in [-0.4, -0.2) is 30.1 Å². The van der Waals surface area contributed by atoms with Crippen LogP contribution in [0, 0.1) is 5.82 Å². The monoisotopic (exact) mass is 275 g/mol. The fourth-order valence-corrected chi connectivity index (χ4v) is 1.69. The van der Waals surface area contributed by atoms with E-state index in [1.807, 2.05) is 11.9 Å². The van der Waals surface area contributed by atoms with Crippen molar-refractivity contribution in [2.24, 2.45) is 0 Å². The zero-order chi connectivity index (χ0) is 14.5. The minimum atomic E-state index is -0.533. The molecule has 0 aliphatic rings. The molecule has 0 N–H and O–H groups in total. The van der Waals surface area contributed by atoms with Crippen molar-refractivity contribution in [3.05, 3.63) is 53.7 Å². The lowest BCUT2D eigenvalue weighted by Gasteiger charge is -2.18. The number of nitrogens with zero attached hydrogens (tertiary/aromatic N) is 3. The number of benzene rings is 1. The second-order valence-corrected chi connectivity index (χ2v) is 4.24. The van der Waals surface area contributed by atoms with Crippen LogP contribution in [0.2, 0.25) is 0 Å². The van der Waals surface area contributed by atoms with Gasteiger partial charge in [0.25, 0.3) is 0 Å². The second kappa shape index (κ2) is 6.10. The third-order valence-corrected chi connectivity index (χ3v) is 2.74. The van der Waals surface area contributed by atoms with E-state index in [0.717, 1.165) is 5.56 Å². The van der Waals surface area contributed by atoms with Crippen LogP contribution in [0.5, 0.6) is 0 Å². The molecule has 1 aromatic heterocycles. The van der Waals surface area contributed by atoms with Crippen molar-refractivity contribution < 1.29 is 13.9 Å². The summed E-state index contributed by atoms with van der Waals surface area (Å²) in [5.41, 5.74) is 1.08. The fourth-order valence-electron chi connectivity index (χ4n) is 1.69. The second-order valence-electron chi connectivity index (χ2n) is 4.24. The average molecular weight is 275 g/mol. The summed E-state index contributed by atoms with van der Waals surface area (Å²) in [4.78, 5) is 21.3. The van der Waals surface area contributed by atoms with E-state index in [9.17, 15) is 9.18 Å². The normalized spacial score (nSPS) is 10.2. The SMILES string of the molecule is COC(=O)c1cncc(N(C)Cc2ccc(F)cc2)n1. The fraction of sp³-hybridized carbons (Fsp3) is 0.214. The topological polar surface area (TPSA) is 55.3 Å². The average Bonchev–Trinajstić information content (AvgIpc) is 2.49. The van der Waals surface area contributed by atoms with E-state index in [2.05, 4.69) is 14.7 Å². The molecule has 1 heterocycles. The van der Waals surface area contributed by atoms with Crippen molar-refractivity contribution in [1.29, 1.82) is 0 Å². The number of methoxy groups -OCH3 is 1. The van der Waals surface area contributed by atoms with Crippen molar-refractivity contribution in [3.8, 4) is 0 Å². The molecule has 0 amide bonds. The molecule has 0 bridgehead atoms. The number of esters is 1. The van der Waals surface area contributed by atoms with Gasteiger partial charge in [-0.3, -0.25) is 4.98 Å². The molecule has 0 spiro atoms. The van der Waals surface area contributed by atoms with E-state index < -0.39 is 5.97 Å². The number of halogens is 1. The lowest BCUT2D eigenvalue weighted by molar-refractivity contribution is 0.0593. The lowest BCUT2D eigenvalue weighted by atomic mass is 10.2. The Morgan fingerprint density at radius 2 is 2.00 bits per heavy atom. The van der Waals surface area contributed by atoms with E-state index in [0.29, 0.717) is 12.4 Å². The Hall–Kier alpha value is -2.50. The number of carbonyl (C=O) groups excluding carboxylic acids is 1. The predicted octanol–water partition coefficient (Wildman–Crippen LogP) is 2.04. The zero-order valence-corrected chi connectivity index (χ0v) is 11.2. The molecule has 0 aliphatic carbocycles. The van der Waals surface area contributed by atoms with Crippen molar-refractivity contribution >= 4 is 11.8 Å². The van der Waals surface area contributed by atoms with E-state index in [1.165, 1.54) is 25.4 Å². The van der Waals surface area contributed by atoms with Crippen molar-refractivity contribution in [2.45, 2.75) is 6.54 Å². The summed E-state index contributed by atoms with van der Waals surface area (Å²) in [6.07, 6.45) is 2.90. The molecule has 1 aromatic carbocycles. The summed E-state index contributed by atoms with van der Waals surface area (Å²) in [6.45, 7) is 0.527. The highest BCUT2D eigenvalue weighted by molar-refractivity contribution is 5.87. The minimum Gasteiger partial charge on any atom is -0.464 e. The molecular formula is C14H14FN3O2. The molecular weight excluding hydrogens is 261 g/mol. The van der Waals surface area contributed by atoms with Crippen molar-refractivity contribution in [1.82, 2.24) is 9.97 Å². The largest absolute Gasteiger partial charge is 0.464 e. The van der Waals surface area contributed by atoms with Gasteiger partial charge in [0.05, 0.1) is 19.5 Å². The molecule has 2 rings (SSSR count). The van der Waals surface area contributed by atoms with Gasteiger partial charge in [0.15, 0.2) is 5.69 Å². The third kappa shape index (κ3) is 3.28. The highest BCUT2D eigenvalue weighted by Gasteiger charge is 2.11. The smallest absolute Gasteiger partial charge is 0.358 e. The number of hydrogen-bond acceptors (Lipinski definition) is 5. The molecule has 0 saturated carbocycles. The van der Waals surface area contributed by atoms with Crippen LogP contribution in [0.3, 0.4) is 0 Å². The first-order chi connectivity index (χ1) is 9.60. The molecule has 104 valence electrons. The Kier molecular flexibility index (Phi) is 4.24. The highest BCUT2D eigenvalue weighted by Crippen LogP contribution is 2.13. The van der Waals surface area contributed by atoms with Crippen LogP contribution >= 0.6 is 0 Å². The molecule has 0 aliphatic heterocycles. The van der Waals surface area contributed by atoms with Crippen LogP contribution in [-0.2, 0) is 11.3 Å². The standard InChI is InChI=1S/C14H14FN3O2/c1-18(9-10-3-5-11(15)6-4-10)13-8-16-7-12(17-13)14(19)20-2/h3-8H,9H2,1-2H3. The number of hydrogen-bond donors (Lipinski definition) is 0. The molecule has 20 heavy (non-hydrogen) atoms. The highest BCUT2D eigenvalue weighted by atomic mass is 19.1. The van der Waals surface area contributed by atoms with Crippen LogP contribution in [0.25, 0.3) is 0 Å². The van der Waals surface area contributed by atoms with E-state index >= 15 is 0 Å². The van der Waals surface area contributed by atoms with Gasteiger partial charge in [0.2, 0.25) is 0 Å². The number of rotatable bonds is 4. The Bertz CT molecular complexity index is 602. The van der Waals surface area contributed by atoms with Gasteiger partial charge in [-0.1, -0.05) is 12.1 Å². The summed E-state index contributed by atoms with van der Waals surface area (Å²) >= 11 is 0. The van der Waals surface area contributed by atoms with Gasteiger partial charge >= 0.3 is 5.97 Å². The van der Waals surface area contributed by atoms with Crippen LogP contribution in [0.1, 0.15) is 16.1 Å². The maximum Gasteiger partial charge on any atom is 0.358 e. The number of aromatic nitrogens is 2. The van der Waals surface area contributed by atoms with E-state index in [1.54, 1.807) is 18.3 Å². The summed E-state index contributed by atoms with van der Waals surface area (Å²) in [7, 11) is 3.10. The van der Waals surface area contributed by atoms with Crippen LogP contribution in [0.15, 0.2) is 36.7 Å². The molecule has 0 unspecified atom stereocenters. The van der Waals surface area contributed by atoms with Gasteiger partial charge in [-0.15, -0.1) is 0 Å². The molecule has 0 saturated heterocycles. The number of anilines is 1. The third-order valence-electron chi connectivity index (χ3n) is 2.74. The lowest BCUT2D eigenvalue weighted by Crippen LogP contribution is -2.19. The predicted molar refractivity (Wildman–Crippen MR) is 71.9 cm³/mol. The van der Waals surface area contributed by atoms with E-state index in [-0.39, 0.29) is 11.5 Å². The maximum atomic E-state index is 12.8. The first-order valence-corrected chi connectivity index (χ1v) is 5.96. The molecule has 0 atom stereocenters. The number of ether oxygens (including phenoxy) is 1. The quantitative estimate of drug-likeness (QED) is 0.799. The van der Waals surface area contributed by atoms with E-state index in [4.69, 9.17) is 0 Å². The van der Waals surface area contributed by atoms with Crippen LogP contribution in [0.4, 0.5) is 10.2 Å². The van der Waals surface area contributed by atoms with Gasteiger partial charge in [0, 0.05) is 13.6 Å².